The summed E-state index contributed by atoms with van der Waals surface area (Å²) >= 11 is 0. The number of aliphatic carboxylic acids is 1. The zero-order chi connectivity index (χ0) is 8.57. The Morgan fingerprint density at radius 2 is 1.40 bits per heavy atom. The van der Waals surface area contributed by atoms with Gasteiger partial charge in [-0.1, -0.05) is 5.04 Å². The molecule has 0 fully saturated rings. The van der Waals surface area contributed by atoms with E-state index < -0.39 is 11.9 Å². The van der Waals surface area contributed by atoms with Crippen LogP contribution in [0.5, 0.6) is 0 Å². The molecule has 0 heterocycles. The normalized spacial score (nSPS) is 7.10. The van der Waals surface area contributed by atoms with Gasteiger partial charge in [0.2, 0.25) is 0 Å². The van der Waals surface area contributed by atoms with E-state index in [9.17, 15) is 9.59 Å². The standard InChI is InChI=1S/C2H2O5.H2O3/c3-1(4)2(5)7-6;1-3-2/h6H,(H,3,4);1-2H. The van der Waals surface area contributed by atoms with Gasteiger partial charge >= 0.3 is 11.9 Å². The van der Waals surface area contributed by atoms with Gasteiger partial charge in [0.15, 0.2) is 0 Å². The summed E-state index contributed by atoms with van der Waals surface area (Å²) in [6.45, 7) is 0. The van der Waals surface area contributed by atoms with Crippen molar-refractivity contribution in [3.63, 3.8) is 0 Å². The van der Waals surface area contributed by atoms with Gasteiger partial charge in [-0.2, -0.15) is 5.26 Å². The Bertz CT molecular complexity index is 106. The lowest BCUT2D eigenvalue weighted by molar-refractivity contribution is -0.465. The number of carboxylic acid groups (broad SMARTS) is 1. The minimum absolute atomic E-state index is 1.68. The van der Waals surface area contributed by atoms with Crippen LogP contribution in [0.3, 0.4) is 0 Å². The average Bonchev–Trinajstić information content (AvgIpc) is 1.88. The van der Waals surface area contributed by atoms with E-state index in [0.717, 1.165) is 0 Å². The number of carboxylic acids is 1. The van der Waals surface area contributed by atoms with E-state index in [0.29, 0.717) is 0 Å². The minimum atomic E-state index is -1.82. The Morgan fingerprint density at radius 3 is 1.40 bits per heavy atom. The predicted molar refractivity (Wildman–Crippen MR) is 22.7 cm³/mol. The lowest BCUT2D eigenvalue weighted by Crippen LogP contribution is -2.13. The number of rotatable bonds is 0. The first-order chi connectivity index (χ1) is 4.59. The summed E-state index contributed by atoms with van der Waals surface area (Å²) in [6.07, 6.45) is 0. The van der Waals surface area contributed by atoms with Gasteiger partial charge in [-0.3, -0.25) is 4.89 Å². The third kappa shape index (κ3) is 9.91. The molecule has 4 N–H and O–H groups in total. The summed E-state index contributed by atoms with van der Waals surface area (Å²) in [5.74, 6) is -3.50. The topological polar surface area (TPSA) is 134 Å². The summed E-state index contributed by atoms with van der Waals surface area (Å²) < 4.78 is 0. The molecule has 0 aromatic carbocycles. The molecule has 0 aliphatic carbocycles. The van der Waals surface area contributed by atoms with Gasteiger partial charge in [0.1, 0.15) is 0 Å². The molecule has 0 radical (unpaired) electrons. The van der Waals surface area contributed by atoms with E-state index >= 15 is 0 Å². The van der Waals surface area contributed by atoms with Crippen LogP contribution in [-0.2, 0) is 19.5 Å². The van der Waals surface area contributed by atoms with Crippen molar-refractivity contribution in [1.82, 2.24) is 0 Å². The molecule has 0 aromatic heterocycles. The molecule has 0 saturated heterocycles. The highest BCUT2D eigenvalue weighted by Crippen LogP contribution is 1.67. The summed E-state index contributed by atoms with van der Waals surface area (Å²) in [7, 11) is 0. The molecular formula is C2H4O8. The molecule has 0 unspecified atom stereocenters. The summed E-state index contributed by atoms with van der Waals surface area (Å²) in [6, 6.07) is 0. The maximum Gasteiger partial charge on any atom is 0.449 e. The Kier molecular flexibility index (Phi) is 8.99. The van der Waals surface area contributed by atoms with E-state index in [1.54, 1.807) is 0 Å². The largest absolute Gasteiger partial charge is 0.473 e. The van der Waals surface area contributed by atoms with Crippen LogP contribution in [0, 0.1) is 0 Å². The van der Waals surface area contributed by atoms with Gasteiger partial charge in [-0.05, 0) is 0 Å². The van der Waals surface area contributed by atoms with E-state index in [2.05, 4.69) is 9.93 Å². The van der Waals surface area contributed by atoms with Crippen molar-refractivity contribution in [2.24, 2.45) is 0 Å². The molecule has 8 heteroatoms. The van der Waals surface area contributed by atoms with E-state index in [1.165, 1.54) is 0 Å². The maximum absolute atomic E-state index is 9.44. The van der Waals surface area contributed by atoms with Crippen molar-refractivity contribution >= 4 is 11.9 Å². The van der Waals surface area contributed by atoms with Gasteiger partial charge in [-0.25, -0.2) is 20.1 Å². The second kappa shape index (κ2) is 7.78. The zero-order valence-corrected chi connectivity index (χ0v) is 4.42. The predicted octanol–water partition coefficient (Wildman–Crippen LogP) is -0.964. The molecule has 8 nitrogen and oxygen atoms in total. The molecule has 0 amide bonds. The first-order valence-corrected chi connectivity index (χ1v) is 1.63. The molecule has 0 aromatic rings. The Hall–Kier alpha value is -1.22. The SMILES string of the molecule is O=C(O)C(=O)OO.OOO. The summed E-state index contributed by atoms with van der Waals surface area (Å²) in [5, 5.41) is 30.3. The van der Waals surface area contributed by atoms with Crippen LogP contribution < -0.4 is 0 Å². The van der Waals surface area contributed by atoms with Crippen LogP contribution in [0.2, 0.25) is 0 Å². The van der Waals surface area contributed by atoms with Gasteiger partial charge < -0.3 is 5.11 Å². The van der Waals surface area contributed by atoms with Gasteiger partial charge in [-0.15, -0.1) is 0 Å². The van der Waals surface area contributed by atoms with E-state index in [-0.39, 0.29) is 0 Å². The fraction of sp³-hybridized carbons (Fsp3) is 0. The zero-order valence-electron chi connectivity index (χ0n) is 4.42. The molecule has 0 saturated carbocycles. The Balaban J connectivity index is 0. The Labute approximate surface area is 53.6 Å². The average molecular weight is 156 g/mol. The van der Waals surface area contributed by atoms with Gasteiger partial charge in [0.05, 0.1) is 0 Å². The van der Waals surface area contributed by atoms with Crippen molar-refractivity contribution in [3.05, 3.63) is 0 Å². The highest BCUT2D eigenvalue weighted by Gasteiger charge is 2.10. The summed E-state index contributed by atoms with van der Waals surface area (Å²) in [5.41, 5.74) is 0. The van der Waals surface area contributed by atoms with Crippen molar-refractivity contribution in [2.45, 2.75) is 0 Å². The van der Waals surface area contributed by atoms with E-state index in [1.807, 2.05) is 0 Å². The monoisotopic (exact) mass is 156 g/mol. The smallest absolute Gasteiger partial charge is 0.449 e. The molecule has 0 atom stereocenters. The molecule has 60 valence electrons. The second-order valence-electron chi connectivity index (χ2n) is 0.766. The first kappa shape index (κ1) is 11.6. The van der Waals surface area contributed by atoms with Crippen LogP contribution in [0.1, 0.15) is 0 Å². The Morgan fingerprint density at radius 1 is 1.10 bits per heavy atom. The van der Waals surface area contributed by atoms with Crippen molar-refractivity contribution < 1.29 is 40.4 Å². The van der Waals surface area contributed by atoms with Gasteiger partial charge in [0, 0.05) is 0 Å². The fourth-order valence-corrected chi connectivity index (χ4v) is 0.0390. The van der Waals surface area contributed by atoms with Crippen LogP contribution in [0.15, 0.2) is 0 Å². The highest BCUT2D eigenvalue weighted by atomic mass is 17.4. The fourth-order valence-electron chi connectivity index (χ4n) is 0.0390. The lowest BCUT2D eigenvalue weighted by atomic mass is 10.7. The van der Waals surface area contributed by atoms with Crippen molar-refractivity contribution in [2.75, 3.05) is 0 Å². The number of carbonyl (C=O) groups excluding carboxylic acids is 1. The van der Waals surface area contributed by atoms with Crippen LogP contribution in [0.25, 0.3) is 0 Å². The molecule has 0 rings (SSSR count). The van der Waals surface area contributed by atoms with Crippen LogP contribution >= 0.6 is 0 Å². The van der Waals surface area contributed by atoms with Crippen molar-refractivity contribution in [3.8, 4) is 0 Å². The molecule has 0 aliphatic rings. The third-order valence-corrected chi connectivity index (χ3v) is 0.258. The molecule has 10 heavy (non-hydrogen) atoms. The highest BCUT2D eigenvalue weighted by molar-refractivity contribution is 6.28. The van der Waals surface area contributed by atoms with Crippen molar-refractivity contribution in [1.29, 1.82) is 0 Å². The third-order valence-electron chi connectivity index (χ3n) is 0.258. The lowest BCUT2D eigenvalue weighted by Gasteiger charge is -1.82. The number of hydrogen-bond donors (Lipinski definition) is 4. The number of hydrogen-bond acceptors (Lipinski definition) is 7. The second-order valence-corrected chi connectivity index (χ2v) is 0.766. The molecule has 0 spiro atoms. The molecule has 0 aliphatic heterocycles. The minimum Gasteiger partial charge on any atom is -0.473 e. The summed E-state index contributed by atoms with van der Waals surface area (Å²) in [4.78, 5) is 21.5. The maximum atomic E-state index is 9.44. The first-order valence-electron chi connectivity index (χ1n) is 1.63. The quantitative estimate of drug-likeness (QED) is 0.200. The van der Waals surface area contributed by atoms with Crippen LogP contribution in [0.4, 0.5) is 0 Å². The molecular weight excluding hydrogens is 152 g/mol. The molecule has 0 bridgehead atoms. The van der Waals surface area contributed by atoms with Crippen LogP contribution in [-0.4, -0.2) is 32.8 Å². The van der Waals surface area contributed by atoms with E-state index in [4.69, 9.17) is 20.9 Å². The van der Waals surface area contributed by atoms with Gasteiger partial charge in [0.25, 0.3) is 0 Å². The number of carbonyl (C=O) groups is 2.